The molecule has 11 nitrogen and oxygen atoms in total. The number of methoxy groups -OCH3 is 2. The molecule has 2 aromatic rings. The van der Waals surface area contributed by atoms with Crippen LogP contribution in [-0.2, 0) is 23.8 Å². The van der Waals surface area contributed by atoms with Crippen LogP contribution in [0.25, 0.3) is 5.76 Å². The number of aromatic nitrogens is 1. The number of rotatable bonds is 7. The van der Waals surface area contributed by atoms with Crippen LogP contribution in [0.15, 0.2) is 29.8 Å². The van der Waals surface area contributed by atoms with Crippen LogP contribution in [0.1, 0.15) is 49.3 Å². The summed E-state index contributed by atoms with van der Waals surface area (Å²) < 4.78 is 15.0. The number of carbonyl (C=O) groups excluding carboxylic acids is 4. The number of benzene rings is 1. The molecule has 0 aliphatic carbocycles. The van der Waals surface area contributed by atoms with Gasteiger partial charge in [-0.25, -0.2) is 9.59 Å². The van der Waals surface area contributed by atoms with Gasteiger partial charge >= 0.3 is 11.9 Å². The summed E-state index contributed by atoms with van der Waals surface area (Å²) in [5, 5.41) is 11.5. The minimum Gasteiger partial charge on any atom is -0.507 e. The lowest BCUT2D eigenvalue weighted by Gasteiger charge is -2.31. The highest BCUT2D eigenvalue weighted by molar-refractivity contribution is 6.46. The van der Waals surface area contributed by atoms with Gasteiger partial charge in [-0.05, 0) is 37.1 Å². The van der Waals surface area contributed by atoms with Gasteiger partial charge in [0.25, 0.3) is 11.7 Å². The van der Waals surface area contributed by atoms with Crippen molar-refractivity contribution in [2.75, 3.05) is 53.6 Å². The van der Waals surface area contributed by atoms with E-state index in [9.17, 15) is 24.3 Å². The van der Waals surface area contributed by atoms with E-state index in [4.69, 9.17) is 14.2 Å². The molecule has 2 N–H and O–H groups in total. The third-order valence-electron chi connectivity index (χ3n) is 7.01. The zero-order valence-corrected chi connectivity index (χ0v) is 21.8. The van der Waals surface area contributed by atoms with Crippen LogP contribution >= 0.6 is 0 Å². The van der Waals surface area contributed by atoms with Crippen molar-refractivity contribution >= 4 is 29.4 Å². The minimum absolute atomic E-state index is 0.0931. The summed E-state index contributed by atoms with van der Waals surface area (Å²) in [4.78, 5) is 57.3. The van der Waals surface area contributed by atoms with Gasteiger partial charge in [0.05, 0.1) is 44.6 Å². The maximum Gasteiger partial charge on any atom is 0.354 e. The van der Waals surface area contributed by atoms with Gasteiger partial charge in [-0.2, -0.15) is 0 Å². The highest BCUT2D eigenvalue weighted by atomic mass is 16.5. The van der Waals surface area contributed by atoms with E-state index in [0.717, 1.165) is 0 Å². The number of hydrogen-bond donors (Lipinski definition) is 2. The Morgan fingerprint density at radius 3 is 2.26 bits per heavy atom. The molecular formula is C27H31N3O8. The zero-order valence-electron chi connectivity index (χ0n) is 21.8. The van der Waals surface area contributed by atoms with Crippen LogP contribution in [0, 0.1) is 13.8 Å². The van der Waals surface area contributed by atoms with E-state index in [1.165, 1.54) is 19.1 Å². The van der Waals surface area contributed by atoms with Crippen molar-refractivity contribution in [3.8, 4) is 0 Å². The summed E-state index contributed by atoms with van der Waals surface area (Å²) in [6.07, 6.45) is 0. The maximum absolute atomic E-state index is 13.4. The summed E-state index contributed by atoms with van der Waals surface area (Å²) in [5.74, 6) is -3.09. The zero-order chi connectivity index (χ0) is 27.6. The Morgan fingerprint density at radius 2 is 1.66 bits per heavy atom. The van der Waals surface area contributed by atoms with Gasteiger partial charge in [-0.1, -0.05) is 12.1 Å². The highest BCUT2D eigenvalue weighted by Gasteiger charge is 2.46. The number of morpholine rings is 1. The quantitative estimate of drug-likeness (QED) is 0.240. The standard InChI is InChI=1S/C27H31N3O8/c1-15-19(16(2)28-21(15)27(35)37-4)23(31)20-22(17-5-7-18(8-6-17)26(34)36-3)30(25(33)24(20)32)10-9-29-11-13-38-14-12-29/h5-8,22,28,31H,9-14H2,1-4H3/t22-/m1/s1. The molecule has 0 unspecified atom stereocenters. The average Bonchev–Trinajstić information content (AvgIpc) is 3.38. The van der Waals surface area contributed by atoms with E-state index >= 15 is 0 Å². The number of ketones is 1. The highest BCUT2D eigenvalue weighted by Crippen LogP contribution is 2.41. The SMILES string of the molecule is COC(=O)c1ccc([C@@H]2C(=C(O)c3c(C)[nH]c(C(=O)OC)c3C)C(=O)C(=O)N2CCN2CCOCC2)cc1. The summed E-state index contributed by atoms with van der Waals surface area (Å²) in [6, 6.07) is 5.46. The molecule has 202 valence electrons. The maximum atomic E-state index is 13.4. The van der Waals surface area contributed by atoms with Gasteiger partial charge in [0.2, 0.25) is 0 Å². The Hall–Kier alpha value is -3.96. The fourth-order valence-electron chi connectivity index (χ4n) is 5.00. The number of aliphatic hydroxyl groups excluding tert-OH is 1. The number of likely N-dealkylation sites (tertiary alicyclic amines) is 1. The summed E-state index contributed by atoms with van der Waals surface area (Å²) >= 11 is 0. The van der Waals surface area contributed by atoms with Crippen molar-refractivity contribution in [2.45, 2.75) is 19.9 Å². The smallest absolute Gasteiger partial charge is 0.354 e. The Morgan fingerprint density at radius 1 is 1.03 bits per heavy atom. The van der Waals surface area contributed by atoms with Crippen molar-refractivity contribution in [1.82, 2.24) is 14.8 Å². The van der Waals surface area contributed by atoms with Gasteiger partial charge in [-0.15, -0.1) is 0 Å². The van der Waals surface area contributed by atoms with Crippen molar-refractivity contribution in [2.24, 2.45) is 0 Å². The molecule has 0 bridgehead atoms. The number of aryl methyl sites for hydroxylation is 1. The second-order valence-electron chi connectivity index (χ2n) is 9.18. The second-order valence-corrected chi connectivity index (χ2v) is 9.18. The summed E-state index contributed by atoms with van der Waals surface area (Å²) in [6.45, 7) is 6.63. The number of hydrogen-bond acceptors (Lipinski definition) is 9. The molecule has 2 saturated heterocycles. The van der Waals surface area contributed by atoms with Gasteiger partial charge < -0.3 is 29.2 Å². The number of H-pyrrole nitrogens is 1. The Bertz CT molecular complexity index is 1290. The number of esters is 2. The second kappa shape index (κ2) is 11.2. The van der Waals surface area contributed by atoms with Crippen LogP contribution in [0.3, 0.4) is 0 Å². The number of carbonyl (C=O) groups is 4. The molecule has 0 spiro atoms. The van der Waals surface area contributed by atoms with Gasteiger partial charge in [-0.3, -0.25) is 14.5 Å². The van der Waals surface area contributed by atoms with Crippen LogP contribution < -0.4 is 0 Å². The molecule has 1 atom stereocenters. The number of aliphatic hydroxyl groups is 1. The average molecular weight is 526 g/mol. The first-order valence-electron chi connectivity index (χ1n) is 12.2. The Balaban J connectivity index is 1.80. The van der Waals surface area contributed by atoms with E-state index < -0.39 is 29.7 Å². The molecule has 4 rings (SSSR count). The first kappa shape index (κ1) is 27.1. The van der Waals surface area contributed by atoms with Gasteiger partial charge in [0.1, 0.15) is 11.5 Å². The summed E-state index contributed by atoms with van der Waals surface area (Å²) in [5.41, 5.74) is 2.00. The first-order chi connectivity index (χ1) is 18.2. The lowest BCUT2D eigenvalue weighted by molar-refractivity contribution is -0.140. The predicted octanol–water partition coefficient (Wildman–Crippen LogP) is 1.96. The number of Topliss-reactive ketones (excluding diaryl/α,β-unsaturated/α-hetero) is 1. The third kappa shape index (κ3) is 4.94. The van der Waals surface area contributed by atoms with Crippen molar-refractivity contribution < 1.29 is 38.5 Å². The van der Waals surface area contributed by atoms with E-state index in [2.05, 4.69) is 9.88 Å². The molecule has 1 aromatic heterocycles. The molecule has 2 aliphatic rings. The Labute approximate surface area is 220 Å². The number of aromatic amines is 1. The molecule has 2 aliphatic heterocycles. The third-order valence-corrected chi connectivity index (χ3v) is 7.01. The molecule has 1 aromatic carbocycles. The summed E-state index contributed by atoms with van der Waals surface area (Å²) in [7, 11) is 2.52. The van der Waals surface area contributed by atoms with Crippen LogP contribution in [0.5, 0.6) is 0 Å². The van der Waals surface area contributed by atoms with Crippen molar-refractivity contribution in [3.63, 3.8) is 0 Å². The largest absolute Gasteiger partial charge is 0.507 e. The fraction of sp³-hybridized carbons (Fsp3) is 0.407. The van der Waals surface area contributed by atoms with Crippen LogP contribution in [0.2, 0.25) is 0 Å². The molecule has 1 amide bonds. The van der Waals surface area contributed by atoms with Crippen LogP contribution in [-0.4, -0.2) is 97.1 Å². The van der Waals surface area contributed by atoms with Crippen molar-refractivity contribution in [3.05, 3.63) is 63.5 Å². The van der Waals surface area contributed by atoms with E-state index in [1.807, 2.05) is 0 Å². The fourth-order valence-corrected chi connectivity index (χ4v) is 5.00. The van der Waals surface area contributed by atoms with E-state index in [1.54, 1.807) is 38.1 Å². The van der Waals surface area contributed by atoms with Crippen LogP contribution in [0.4, 0.5) is 0 Å². The predicted molar refractivity (Wildman–Crippen MR) is 136 cm³/mol. The molecule has 0 saturated carbocycles. The molecule has 2 fully saturated rings. The molecule has 0 radical (unpaired) electrons. The topological polar surface area (TPSA) is 138 Å². The number of amides is 1. The van der Waals surface area contributed by atoms with Gasteiger partial charge in [0.15, 0.2) is 0 Å². The first-order valence-corrected chi connectivity index (χ1v) is 12.2. The molecule has 3 heterocycles. The minimum atomic E-state index is -0.905. The van der Waals surface area contributed by atoms with E-state index in [-0.39, 0.29) is 29.1 Å². The number of nitrogens with one attached hydrogen (secondary N) is 1. The lowest BCUT2D eigenvalue weighted by atomic mass is 9.93. The van der Waals surface area contributed by atoms with Crippen molar-refractivity contribution in [1.29, 1.82) is 0 Å². The van der Waals surface area contributed by atoms with Gasteiger partial charge in [0, 0.05) is 37.4 Å². The number of nitrogens with zero attached hydrogens (tertiary/aromatic N) is 2. The molecular weight excluding hydrogens is 494 g/mol. The lowest BCUT2D eigenvalue weighted by Crippen LogP contribution is -2.42. The van der Waals surface area contributed by atoms with E-state index in [0.29, 0.717) is 55.2 Å². The number of ether oxygens (including phenoxy) is 3. The normalized spacial score (nSPS) is 19.6. The molecule has 11 heteroatoms. The monoisotopic (exact) mass is 525 g/mol. The Kier molecular flexibility index (Phi) is 7.98. The molecule has 38 heavy (non-hydrogen) atoms.